The van der Waals surface area contributed by atoms with E-state index in [4.69, 9.17) is 0 Å². The van der Waals surface area contributed by atoms with Crippen molar-refractivity contribution < 1.29 is 9.90 Å². The second kappa shape index (κ2) is 10.4. The van der Waals surface area contributed by atoms with Gasteiger partial charge in [-0.2, -0.15) is 0 Å². The summed E-state index contributed by atoms with van der Waals surface area (Å²) in [4.78, 5) is 26.2. The molecule has 2 heterocycles. The van der Waals surface area contributed by atoms with E-state index in [1.807, 2.05) is 6.07 Å². The average molecular weight is 523 g/mol. The average Bonchev–Trinajstić information content (AvgIpc) is 3.30. The number of aliphatic hydroxyl groups is 1. The summed E-state index contributed by atoms with van der Waals surface area (Å²) in [5, 5.41) is 10.3. The van der Waals surface area contributed by atoms with E-state index in [9.17, 15) is 9.90 Å². The van der Waals surface area contributed by atoms with Gasteiger partial charge in [0, 0.05) is 45.0 Å². The lowest BCUT2D eigenvalue weighted by molar-refractivity contribution is -0.133. The third-order valence-corrected chi connectivity index (χ3v) is 12.7. The molecule has 0 unspecified atom stereocenters. The third-order valence-electron chi connectivity index (χ3n) is 12.7. The van der Waals surface area contributed by atoms with Gasteiger partial charge in [0.05, 0.1) is 6.10 Å². The molecule has 1 N–H and O–H groups in total. The molecular weight excluding hydrogens is 472 g/mol. The summed E-state index contributed by atoms with van der Waals surface area (Å²) < 4.78 is 0. The second-order valence-corrected chi connectivity index (χ2v) is 14.2. The number of hydrogen-bond acceptors (Lipinski definition) is 5. The van der Waals surface area contributed by atoms with E-state index in [0.29, 0.717) is 29.1 Å². The van der Waals surface area contributed by atoms with Gasteiger partial charge in [0.1, 0.15) is 0 Å². The van der Waals surface area contributed by atoms with Crippen LogP contribution in [0.1, 0.15) is 91.4 Å². The highest BCUT2D eigenvalue weighted by Gasteiger charge is 2.60. The Morgan fingerprint density at radius 3 is 2.45 bits per heavy atom. The number of anilines is 1. The van der Waals surface area contributed by atoms with Crippen molar-refractivity contribution in [3.8, 4) is 0 Å². The number of carbonyl (C=O) groups is 1. The molecule has 0 spiro atoms. The molecule has 6 rings (SSSR count). The molecule has 210 valence electrons. The summed E-state index contributed by atoms with van der Waals surface area (Å²) in [5.41, 5.74) is 0.901. The molecule has 38 heavy (non-hydrogen) atoms. The topological polar surface area (TPSA) is 69.6 Å². The van der Waals surface area contributed by atoms with E-state index in [-0.39, 0.29) is 6.10 Å². The Hall–Kier alpha value is -1.69. The summed E-state index contributed by atoms with van der Waals surface area (Å²) in [5.74, 6) is 5.82. The maximum atomic E-state index is 13.2. The van der Waals surface area contributed by atoms with Crippen molar-refractivity contribution in [3.63, 3.8) is 0 Å². The summed E-state index contributed by atoms with van der Waals surface area (Å²) in [6, 6.07) is 1.84. The van der Waals surface area contributed by atoms with Crippen LogP contribution >= 0.6 is 0 Å². The van der Waals surface area contributed by atoms with Crippen molar-refractivity contribution in [1.82, 2.24) is 14.9 Å². The van der Waals surface area contributed by atoms with Crippen molar-refractivity contribution in [2.24, 2.45) is 46.3 Å². The summed E-state index contributed by atoms with van der Waals surface area (Å²) in [6.45, 7) is 10.8. The fraction of sp³-hybridized carbons (Fsp3) is 0.844. The van der Waals surface area contributed by atoms with Gasteiger partial charge in [-0.25, -0.2) is 9.97 Å². The van der Waals surface area contributed by atoms with Crippen LogP contribution in [-0.2, 0) is 4.79 Å². The molecule has 6 nitrogen and oxygen atoms in total. The highest BCUT2D eigenvalue weighted by molar-refractivity contribution is 5.76. The lowest BCUT2D eigenvalue weighted by Gasteiger charge is -2.61. The highest BCUT2D eigenvalue weighted by Crippen LogP contribution is 2.68. The maximum Gasteiger partial charge on any atom is 0.225 e. The Balaban J connectivity index is 1.03. The second-order valence-electron chi connectivity index (χ2n) is 14.2. The van der Waals surface area contributed by atoms with Crippen molar-refractivity contribution in [1.29, 1.82) is 0 Å². The molecule has 5 fully saturated rings. The summed E-state index contributed by atoms with van der Waals surface area (Å²) >= 11 is 0. The Labute approximate surface area is 230 Å². The molecule has 0 bridgehead atoms. The number of amides is 1. The normalized spacial score (nSPS) is 41.7. The van der Waals surface area contributed by atoms with Gasteiger partial charge >= 0.3 is 0 Å². The van der Waals surface area contributed by atoms with Gasteiger partial charge in [0.25, 0.3) is 0 Å². The van der Waals surface area contributed by atoms with Crippen LogP contribution in [0.15, 0.2) is 18.5 Å². The predicted octanol–water partition coefficient (Wildman–Crippen LogP) is 5.56. The lowest BCUT2D eigenvalue weighted by atomic mass is 9.44. The largest absolute Gasteiger partial charge is 0.393 e. The first-order valence-corrected chi connectivity index (χ1v) is 15.8. The molecule has 1 aromatic rings. The number of piperazine rings is 1. The minimum atomic E-state index is -0.0559. The van der Waals surface area contributed by atoms with E-state index in [1.165, 1.54) is 44.9 Å². The fourth-order valence-electron chi connectivity index (χ4n) is 10.5. The molecule has 1 amide bonds. The molecule has 4 aliphatic carbocycles. The molecule has 1 aromatic heterocycles. The molecule has 1 aliphatic heterocycles. The quantitative estimate of drug-likeness (QED) is 0.548. The zero-order valence-electron chi connectivity index (χ0n) is 24.0. The van der Waals surface area contributed by atoms with Crippen molar-refractivity contribution >= 4 is 11.9 Å². The molecule has 6 heteroatoms. The maximum absolute atomic E-state index is 13.2. The molecular formula is C32H50N4O2. The zero-order chi connectivity index (χ0) is 26.5. The van der Waals surface area contributed by atoms with Crippen molar-refractivity contribution in [2.45, 2.75) is 97.5 Å². The minimum absolute atomic E-state index is 0.0559. The monoisotopic (exact) mass is 522 g/mol. The fourth-order valence-corrected chi connectivity index (χ4v) is 10.5. The molecule has 9 atom stereocenters. The molecule has 5 aliphatic rings. The van der Waals surface area contributed by atoms with E-state index in [0.717, 1.165) is 81.0 Å². The van der Waals surface area contributed by atoms with Crippen LogP contribution in [0.2, 0.25) is 0 Å². The number of aromatic nitrogens is 2. The van der Waals surface area contributed by atoms with Gasteiger partial charge in [-0.15, -0.1) is 0 Å². The smallest absolute Gasteiger partial charge is 0.225 e. The molecule has 0 radical (unpaired) electrons. The van der Waals surface area contributed by atoms with Gasteiger partial charge < -0.3 is 14.9 Å². The van der Waals surface area contributed by atoms with Crippen LogP contribution in [0.3, 0.4) is 0 Å². The SMILES string of the molecule is C[C@H](CCC(=O)N1CCN(c2ncccn2)CC1)[C@H]1CC[C@H]2[C@@H]3CC[C@H]4C[C@@H](O)CC[C@]4(C)[C@H]3CC[C@]12C. The van der Waals surface area contributed by atoms with Gasteiger partial charge in [0.2, 0.25) is 11.9 Å². The zero-order valence-corrected chi connectivity index (χ0v) is 24.0. The predicted molar refractivity (Wildman–Crippen MR) is 150 cm³/mol. The van der Waals surface area contributed by atoms with Gasteiger partial charge in [0.15, 0.2) is 0 Å². The first-order chi connectivity index (χ1) is 18.3. The van der Waals surface area contributed by atoms with Crippen LogP contribution < -0.4 is 4.90 Å². The molecule has 1 saturated heterocycles. The van der Waals surface area contributed by atoms with Crippen molar-refractivity contribution in [2.75, 3.05) is 31.1 Å². The third kappa shape index (κ3) is 4.57. The van der Waals surface area contributed by atoms with Crippen LogP contribution in [0, 0.1) is 46.3 Å². The Morgan fingerprint density at radius 1 is 0.974 bits per heavy atom. The lowest BCUT2D eigenvalue weighted by Crippen LogP contribution is -2.54. The van der Waals surface area contributed by atoms with Crippen LogP contribution in [0.5, 0.6) is 0 Å². The van der Waals surface area contributed by atoms with E-state index < -0.39 is 0 Å². The van der Waals surface area contributed by atoms with Crippen LogP contribution in [0.4, 0.5) is 5.95 Å². The van der Waals surface area contributed by atoms with E-state index in [1.54, 1.807) is 12.4 Å². The summed E-state index contributed by atoms with van der Waals surface area (Å²) in [6.07, 6.45) is 16.8. The molecule has 4 saturated carbocycles. The van der Waals surface area contributed by atoms with E-state index in [2.05, 4.69) is 40.5 Å². The summed E-state index contributed by atoms with van der Waals surface area (Å²) in [7, 11) is 0. The number of fused-ring (bicyclic) bond motifs is 5. The Kier molecular flexibility index (Phi) is 7.24. The van der Waals surface area contributed by atoms with E-state index >= 15 is 0 Å². The molecule has 0 aromatic carbocycles. The number of rotatable bonds is 5. The van der Waals surface area contributed by atoms with Crippen LogP contribution in [0.25, 0.3) is 0 Å². The van der Waals surface area contributed by atoms with Crippen LogP contribution in [-0.4, -0.2) is 58.2 Å². The first kappa shape index (κ1) is 26.5. The number of hydrogen-bond donors (Lipinski definition) is 1. The van der Waals surface area contributed by atoms with Gasteiger partial charge in [-0.3, -0.25) is 4.79 Å². The van der Waals surface area contributed by atoms with Gasteiger partial charge in [-0.1, -0.05) is 20.8 Å². The first-order valence-electron chi connectivity index (χ1n) is 15.8. The Bertz CT molecular complexity index is 981. The van der Waals surface area contributed by atoms with Crippen molar-refractivity contribution in [3.05, 3.63) is 18.5 Å². The Morgan fingerprint density at radius 2 is 1.68 bits per heavy atom. The number of nitrogens with zero attached hydrogens (tertiary/aromatic N) is 4. The highest BCUT2D eigenvalue weighted by atomic mass is 16.3. The minimum Gasteiger partial charge on any atom is -0.393 e. The standard InChI is InChI=1S/C32H50N4O2/c1-22(5-10-29(38)35-17-19-36(20-18-35)30-33-15-4-16-34-30)26-8-9-27-25-7-6-23-21-24(37)11-13-31(23,2)28(25)12-14-32(26,27)3/h4,15-16,22-28,37H,5-14,17-21H2,1-3H3/t22-,23+,24+,25+,26-,27+,28+,31+,32-/m1/s1. The van der Waals surface area contributed by atoms with Gasteiger partial charge in [-0.05, 0) is 117 Å². The number of aliphatic hydroxyl groups excluding tert-OH is 1. The number of carbonyl (C=O) groups excluding carboxylic acids is 1.